The summed E-state index contributed by atoms with van der Waals surface area (Å²) in [5.41, 5.74) is 0. The number of rotatable bonds is 6. The molecule has 1 rings (SSSR count). The van der Waals surface area contributed by atoms with E-state index in [9.17, 15) is 4.79 Å². The van der Waals surface area contributed by atoms with Crippen LogP contribution in [0.2, 0.25) is 0 Å². The summed E-state index contributed by atoms with van der Waals surface area (Å²) in [6, 6.07) is -0.323. The van der Waals surface area contributed by atoms with Gasteiger partial charge in [0.05, 0.1) is 13.2 Å². The van der Waals surface area contributed by atoms with Crippen LogP contribution in [0.1, 0.15) is 40.5 Å². The molecule has 0 radical (unpaired) electrons. The van der Waals surface area contributed by atoms with E-state index in [1.165, 1.54) is 12.8 Å². The predicted molar refractivity (Wildman–Crippen MR) is 77.0 cm³/mol. The first kappa shape index (κ1) is 15.3. The lowest BCUT2D eigenvalue weighted by atomic mass is 9.99. The first-order chi connectivity index (χ1) is 8.62. The number of carbonyl (C=O) groups excluding carboxylic acids is 1. The summed E-state index contributed by atoms with van der Waals surface area (Å²) >= 11 is 1.76. The molecule has 0 saturated carbocycles. The number of nitrogens with one attached hydrogen (secondary N) is 1. The van der Waals surface area contributed by atoms with Crippen LogP contribution in [0.3, 0.4) is 0 Å². The van der Waals surface area contributed by atoms with Gasteiger partial charge < -0.3 is 10.1 Å². The average Bonchev–Trinajstić information content (AvgIpc) is 2.79. The van der Waals surface area contributed by atoms with Gasteiger partial charge in [-0.15, -0.1) is 0 Å². The number of nitrogens with zero attached hydrogens (tertiary/aromatic N) is 1. The van der Waals surface area contributed by atoms with Gasteiger partial charge in [-0.1, -0.05) is 38.5 Å². The molecule has 0 aliphatic carbocycles. The van der Waals surface area contributed by atoms with Gasteiger partial charge in [0.2, 0.25) is 0 Å². The second-order valence-corrected chi connectivity index (χ2v) is 5.72. The number of ether oxygens (including phenoxy) is 1. The molecule has 0 saturated heterocycles. The largest absolute Gasteiger partial charge is 0.464 e. The fourth-order valence-electron chi connectivity index (χ4n) is 2.04. The summed E-state index contributed by atoms with van der Waals surface area (Å²) in [7, 11) is 0. The van der Waals surface area contributed by atoms with E-state index in [0.717, 1.165) is 11.7 Å². The zero-order valence-corrected chi connectivity index (χ0v) is 12.5. The zero-order valence-electron chi connectivity index (χ0n) is 11.7. The molecule has 1 aliphatic heterocycles. The lowest BCUT2D eigenvalue weighted by Crippen LogP contribution is -2.38. The molecule has 0 spiro atoms. The smallest absolute Gasteiger partial charge is 0.328 e. The Labute approximate surface area is 114 Å². The van der Waals surface area contributed by atoms with E-state index in [-0.39, 0.29) is 12.0 Å². The standard InChI is InChI=1S/C13H24N2O2S/c1-5-10(6-2)11-8-14-13(18-11)15-9(4)12(16)17-7-3/h9-11H,5-8H2,1-4H3,(H,14,15). The highest BCUT2D eigenvalue weighted by atomic mass is 32.2. The van der Waals surface area contributed by atoms with Crippen LogP contribution < -0.4 is 5.32 Å². The molecule has 104 valence electrons. The monoisotopic (exact) mass is 272 g/mol. The second kappa shape index (κ2) is 7.67. The molecule has 2 atom stereocenters. The summed E-state index contributed by atoms with van der Waals surface area (Å²) in [4.78, 5) is 16.0. The average molecular weight is 272 g/mol. The van der Waals surface area contributed by atoms with Crippen LogP contribution in [-0.2, 0) is 9.53 Å². The Morgan fingerprint density at radius 1 is 1.50 bits per heavy atom. The Balaban J connectivity index is 2.40. The van der Waals surface area contributed by atoms with Crippen molar-refractivity contribution >= 4 is 22.9 Å². The first-order valence-electron chi connectivity index (χ1n) is 6.76. The van der Waals surface area contributed by atoms with Crippen LogP contribution in [0.15, 0.2) is 4.99 Å². The maximum atomic E-state index is 11.5. The maximum absolute atomic E-state index is 11.5. The van der Waals surface area contributed by atoms with Crippen molar-refractivity contribution in [3.63, 3.8) is 0 Å². The maximum Gasteiger partial charge on any atom is 0.328 e. The van der Waals surface area contributed by atoms with E-state index in [2.05, 4.69) is 24.2 Å². The van der Waals surface area contributed by atoms with Gasteiger partial charge in [-0.25, -0.2) is 4.79 Å². The first-order valence-corrected chi connectivity index (χ1v) is 7.64. The number of thioether (sulfide) groups is 1. The topological polar surface area (TPSA) is 50.7 Å². The molecule has 0 aromatic carbocycles. The van der Waals surface area contributed by atoms with E-state index in [0.29, 0.717) is 17.8 Å². The van der Waals surface area contributed by atoms with Gasteiger partial charge in [0, 0.05) is 5.25 Å². The van der Waals surface area contributed by atoms with Crippen molar-refractivity contribution in [1.29, 1.82) is 0 Å². The van der Waals surface area contributed by atoms with Gasteiger partial charge >= 0.3 is 5.97 Å². The lowest BCUT2D eigenvalue weighted by molar-refractivity contribution is -0.144. The van der Waals surface area contributed by atoms with Crippen molar-refractivity contribution in [2.24, 2.45) is 10.9 Å². The Hall–Kier alpha value is -0.710. The highest BCUT2D eigenvalue weighted by Gasteiger charge is 2.27. The summed E-state index contributed by atoms with van der Waals surface area (Å²) in [6.07, 6.45) is 2.37. The molecular formula is C13H24N2O2S. The van der Waals surface area contributed by atoms with Crippen LogP contribution in [0.4, 0.5) is 0 Å². The summed E-state index contributed by atoms with van der Waals surface area (Å²) in [5, 5.41) is 4.57. The number of hydrogen-bond donors (Lipinski definition) is 1. The highest BCUT2D eigenvalue weighted by Crippen LogP contribution is 2.30. The molecule has 0 aromatic heterocycles. The zero-order chi connectivity index (χ0) is 13.5. The highest BCUT2D eigenvalue weighted by molar-refractivity contribution is 8.14. The van der Waals surface area contributed by atoms with E-state index in [4.69, 9.17) is 4.74 Å². The molecule has 18 heavy (non-hydrogen) atoms. The quantitative estimate of drug-likeness (QED) is 0.755. The van der Waals surface area contributed by atoms with Gasteiger partial charge in [0.25, 0.3) is 0 Å². The van der Waals surface area contributed by atoms with Crippen LogP contribution in [0.5, 0.6) is 0 Å². The third kappa shape index (κ3) is 4.19. The fraction of sp³-hybridized carbons (Fsp3) is 0.846. The molecule has 0 bridgehead atoms. The number of amidine groups is 1. The van der Waals surface area contributed by atoms with Crippen molar-refractivity contribution in [3.8, 4) is 0 Å². The molecule has 2 unspecified atom stereocenters. The molecule has 1 heterocycles. The van der Waals surface area contributed by atoms with Gasteiger partial charge in [-0.3, -0.25) is 4.99 Å². The number of esters is 1. The third-order valence-corrected chi connectivity index (χ3v) is 4.54. The minimum absolute atomic E-state index is 0.216. The second-order valence-electron chi connectivity index (χ2n) is 4.50. The molecule has 0 aromatic rings. The van der Waals surface area contributed by atoms with E-state index in [1.807, 2.05) is 13.8 Å². The van der Waals surface area contributed by atoms with Crippen molar-refractivity contribution in [2.75, 3.05) is 13.2 Å². The predicted octanol–water partition coefficient (Wildman–Crippen LogP) is 2.44. The van der Waals surface area contributed by atoms with Crippen LogP contribution in [-0.4, -0.2) is 35.6 Å². The SMILES string of the molecule is CCOC(=O)C(C)NC1=NCC(C(CC)CC)S1. The van der Waals surface area contributed by atoms with Crippen LogP contribution in [0, 0.1) is 5.92 Å². The van der Waals surface area contributed by atoms with Gasteiger partial charge in [0.15, 0.2) is 5.17 Å². The Morgan fingerprint density at radius 3 is 2.72 bits per heavy atom. The van der Waals surface area contributed by atoms with Gasteiger partial charge in [-0.05, 0) is 19.8 Å². The van der Waals surface area contributed by atoms with Crippen molar-refractivity contribution < 1.29 is 9.53 Å². The fourth-order valence-corrected chi connectivity index (χ4v) is 3.45. The Morgan fingerprint density at radius 2 is 2.17 bits per heavy atom. The minimum Gasteiger partial charge on any atom is -0.464 e. The van der Waals surface area contributed by atoms with Crippen LogP contribution >= 0.6 is 11.8 Å². The number of carbonyl (C=O) groups is 1. The molecule has 4 nitrogen and oxygen atoms in total. The third-order valence-electron chi connectivity index (χ3n) is 3.23. The van der Waals surface area contributed by atoms with E-state index >= 15 is 0 Å². The van der Waals surface area contributed by atoms with Crippen molar-refractivity contribution in [2.45, 2.75) is 51.8 Å². The Bertz CT molecular complexity index is 303. The molecule has 0 amide bonds. The molecule has 1 aliphatic rings. The van der Waals surface area contributed by atoms with Gasteiger partial charge in [0.1, 0.15) is 6.04 Å². The number of hydrogen-bond acceptors (Lipinski definition) is 5. The van der Waals surface area contributed by atoms with Crippen molar-refractivity contribution in [1.82, 2.24) is 5.32 Å². The number of aliphatic imine (C=N–C) groups is 1. The van der Waals surface area contributed by atoms with Crippen LogP contribution in [0.25, 0.3) is 0 Å². The molecule has 0 fully saturated rings. The molecule has 5 heteroatoms. The molecule has 1 N–H and O–H groups in total. The van der Waals surface area contributed by atoms with Gasteiger partial charge in [-0.2, -0.15) is 0 Å². The summed E-state index contributed by atoms with van der Waals surface area (Å²) < 4.78 is 4.96. The van der Waals surface area contributed by atoms with E-state index < -0.39 is 0 Å². The Kier molecular flexibility index (Phi) is 6.54. The van der Waals surface area contributed by atoms with Crippen molar-refractivity contribution in [3.05, 3.63) is 0 Å². The molecular weight excluding hydrogens is 248 g/mol. The lowest BCUT2D eigenvalue weighted by Gasteiger charge is -2.19. The summed E-state index contributed by atoms with van der Waals surface area (Å²) in [6.45, 7) is 9.35. The van der Waals surface area contributed by atoms with E-state index in [1.54, 1.807) is 11.8 Å². The normalized spacial score (nSPS) is 20.7. The summed E-state index contributed by atoms with van der Waals surface area (Å²) in [5.74, 6) is 0.489. The minimum atomic E-state index is -0.323.